The number of fused-ring (bicyclic) bond motifs is 1. The molecule has 130 valence electrons. The molecule has 0 unspecified atom stereocenters. The monoisotopic (exact) mass is 338 g/mol. The predicted octanol–water partition coefficient (Wildman–Crippen LogP) is 2.41. The van der Waals surface area contributed by atoms with Crippen molar-refractivity contribution in [2.45, 2.75) is 31.5 Å². The van der Waals surface area contributed by atoms with Crippen LogP contribution in [0.4, 0.5) is 0 Å². The first-order valence-electron chi connectivity index (χ1n) is 8.62. The van der Waals surface area contributed by atoms with Crippen LogP contribution in [0.1, 0.15) is 24.6 Å². The van der Waals surface area contributed by atoms with Crippen LogP contribution in [0.15, 0.2) is 49.1 Å². The van der Waals surface area contributed by atoms with E-state index >= 15 is 0 Å². The largest absolute Gasteiger partial charge is 0.372 e. The van der Waals surface area contributed by atoms with Crippen molar-refractivity contribution in [1.29, 1.82) is 0 Å². The maximum atomic E-state index is 12.5. The van der Waals surface area contributed by atoms with E-state index in [-0.39, 0.29) is 18.1 Å². The molecule has 0 bridgehead atoms. The molecule has 1 N–H and O–H groups in total. The third-order valence-corrected chi connectivity index (χ3v) is 4.83. The van der Waals surface area contributed by atoms with Crippen LogP contribution >= 0.6 is 0 Å². The SMILES string of the molecule is Cn1cncc1[C@H]1C[C@H](NC(=O)Cn2ccc3ccccc32)CCO1. The molecule has 1 aromatic carbocycles. The average molecular weight is 338 g/mol. The fourth-order valence-electron chi connectivity index (χ4n) is 3.52. The molecule has 3 aromatic rings. The summed E-state index contributed by atoms with van der Waals surface area (Å²) in [5.74, 6) is 0.0389. The fraction of sp³-hybridized carbons (Fsp3) is 0.368. The highest BCUT2D eigenvalue weighted by atomic mass is 16.5. The fourth-order valence-corrected chi connectivity index (χ4v) is 3.52. The summed E-state index contributed by atoms with van der Waals surface area (Å²) < 4.78 is 9.82. The number of hydrogen-bond donors (Lipinski definition) is 1. The van der Waals surface area contributed by atoms with E-state index < -0.39 is 0 Å². The van der Waals surface area contributed by atoms with E-state index in [1.807, 2.05) is 52.8 Å². The molecule has 6 nitrogen and oxygen atoms in total. The highest BCUT2D eigenvalue weighted by Crippen LogP contribution is 2.27. The van der Waals surface area contributed by atoms with Gasteiger partial charge in [-0.3, -0.25) is 4.79 Å². The number of rotatable bonds is 4. The lowest BCUT2D eigenvalue weighted by atomic mass is 10.0. The highest BCUT2D eigenvalue weighted by molar-refractivity contribution is 5.83. The molecule has 25 heavy (non-hydrogen) atoms. The van der Waals surface area contributed by atoms with Crippen molar-refractivity contribution in [3.05, 3.63) is 54.7 Å². The van der Waals surface area contributed by atoms with E-state index in [0.29, 0.717) is 13.2 Å². The number of amides is 1. The van der Waals surface area contributed by atoms with Crippen molar-refractivity contribution in [2.24, 2.45) is 7.05 Å². The zero-order valence-corrected chi connectivity index (χ0v) is 14.3. The van der Waals surface area contributed by atoms with E-state index in [9.17, 15) is 4.79 Å². The number of ether oxygens (including phenoxy) is 1. The van der Waals surface area contributed by atoms with Crippen molar-refractivity contribution in [2.75, 3.05) is 6.61 Å². The summed E-state index contributed by atoms with van der Waals surface area (Å²) in [6, 6.07) is 10.3. The molecule has 2 aromatic heterocycles. The molecule has 3 heterocycles. The minimum Gasteiger partial charge on any atom is -0.372 e. The second-order valence-electron chi connectivity index (χ2n) is 6.58. The van der Waals surface area contributed by atoms with Crippen molar-refractivity contribution in [3.63, 3.8) is 0 Å². The van der Waals surface area contributed by atoms with Crippen LogP contribution in [0.2, 0.25) is 0 Å². The normalized spacial score (nSPS) is 20.7. The first-order chi connectivity index (χ1) is 12.2. The third-order valence-electron chi connectivity index (χ3n) is 4.83. The topological polar surface area (TPSA) is 61.1 Å². The Kier molecular flexibility index (Phi) is 4.28. The molecule has 1 fully saturated rings. The third kappa shape index (κ3) is 3.30. The number of aryl methyl sites for hydroxylation is 1. The van der Waals surface area contributed by atoms with Crippen molar-refractivity contribution in [1.82, 2.24) is 19.4 Å². The first-order valence-corrected chi connectivity index (χ1v) is 8.62. The molecule has 6 heteroatoms. The Labute approximate surface area is 146 Å². The first kappa shape index (κ1) is 15.9. The summed E-state index contributed by atoms with van der Waals surface area (Å²) in [5, 5.41) is 4.31. The molecule has 4 rings (SSSR count). The summed E-state index contributed by atoms with van der Waals surface area (Å²) in [7, 11) is 1.96. The van der Waals surface area contributed by atoms with Gasteiger partial charge in [-0.05, 0) is 30.4 Å². The van der Waals surface area contributed by atoms with Gasteiger partial charge in [0.25, 0.3) is 0 Å². The predicted molar refractivity (Wildman–Crippen MR) is 95.0 cm³/mol. The molecule has 0 aliphatic carbocycles. The average Bonchev–Trinajstić information content (AvgIpc) is 3.22. The number of imidazole rings is 1. The quantitative estimate of drug-likeness (QED) is 0.795. The lowest BCUT2D eigenvalue weighted by Crippen LogP contribution is -2.41. The molecule has 0 spiro atoms. The standard InChI is InChI=1S/C19H22N4O2/c1-22-13-20-11-17(22)18-10-15(7-9-25-18)21-19(24)12-23-8-6-14-4-2-3-5-16(14)23/h2-6,8,11,13,15,18H,7,9-10,12H2,1H3,(H,21,24)/t15-,18-/m1/s1. The zero-order valence-electron chi connectivity index (χ0n) is 14.3. The lowest BCUT2D eigenvalue weighted by Gasteiger charge is -2.30. The number of para-hydroxylation sites is 1. The van der Waals surface area contributed by atoms with Gasteiger partial charge in [0.05, 0.1) is 18.2 Å². The zero-order chi connectivity index (χ0) is 17.2. The Morgan fingerprint density at radius 1 is 1.36 bits per heavy atom. The van der Waals surface area contributed by atoms with Gasteiger partial charge < -0.3 is 19.2 Å². The van der Waals surface area contributed by atoms with E-state index in [1.165, 1.54) is 0 Å². The van der Waals surface area contributed by atoms with Crippen LogP contribution in [-0.2, 0) is 23.1 Å². The Morgan fingerprint density at radius 3 is 3.08 bits per heavy atom. The van der Waals surface area contributed by atoms with Gasteiger partial charge in [0.1, 0.15) is 12.6 Å². The van der Waals surface area contributed by atoms with E-state index in [0.717, 1.165) is 29.4 Å². The Hall–Kier alpha value is -2.60. The lowest BCUT2D eigenvalue weighted by molar-refractivity contribution is -0.123. The van der Waals surface area contributed by atoms with Gasteiger partial charge in [-0.1, -0.05) is 18.2 Å². The van der Waals surface area contributed by atoms with Gasteiger partial charge in [0, 0.05) is 31.4 Å². The number of carbonyl (C=O) groups excluding carboxylic acids is 1. The summed E-state index contributed by atoms with van der Waals surface area (Å²) >= 11 is 0. The molecular formula is C19H22N4O2. The smallest absolute Gasteiger partial charge is 0.240 e. The molecular weight excluding hydrogens is 316 g/mol. The number of carbonyl (C=O) groups is 1. The number of nitrogens with zero attached hydrogens (tertiary/aromatic N) is 3. The van der Waals surface area contributed by atoms with Gasteiger partial charge >= 0.3 is 0 Å². The molecule has 1 saturated heterocycles. The number of nitrogens with one attached hydrogen (secondary N) is 1. The highest BCUT2D eigenvalue weighted by Gasteiger charge is 2.26. The maximum absolute atomic E-state index is 12.5. The molecule has 2 atom stereocenters. The van der Waals surface area contributed by atoms with Crippen LogP contribution in [0, 0.1) is 0 Å². The molecule has 1 aliphatic heterocycles. The van der Waals surface area contributed by atoms with Crippen molar-refractivity contribution >= 4 is 16.8 Å². The van der Waals surface area contributed by atoms with Gasteiger partial charge in [-0.15, -0.1) is 0 Å². The summed E-state index contributed by atoms with van der Waals surface area (Å²) in [5.41, 5.74) is 2.13. The molecule has 0 saturated carbocycles. The van der Waals surface area contributed by atoms with Gasteiger partial charge in [0.2, 0.25) is 5.91 Å². The summed E-state index contributed by atoms with van der Waals surface area (Å²) in [4.78, 5) is 16.6. The Morgan fingerprint density at radius 2 is 2.24 bits per heavy atom. The second kappa shape index (κ2) is 6.72. The van der Waals surface area contributed by atoms with E-state index in [4.69, 9.17) is 4.74 Å². The maximum Gasteiger partial charge on any atom is 0.240 e. The Balaban J connectivity index is 1.40. The minimum atomic E-state index is -0.0149. The van der Waals surface area contributed by atoms with Crippen molar-refractivity contribution in [3.8, 4) is 0 Å². The number of benzene rings is 1. The van der Waals surface area contributed by atoms with Crippen LogP contribution in [0.3, 0.4) is 0 Å². The van der Waals surface area contributed by atoms with Crippen LogP contribution in [0.5, 0.6) is 0 Å². The van der Waals surface area contributed by atoms with E-state index in [2.05, 4.69) is 16.4 Å². The van der Waals surface area contributed by atoms with Gasteiger partial charge in [0.15, 0.2) is 0 Å². The number of hydrogen-bond acceptors (Lipinski definition) is 3. The number of aromatic nitrogens is 3. The van der Waals surface area contributed by atoms with Gasteiger partial charge in [-0.25, -0.2) is 4.98 Å². The summed E-state index contributed by atoms with van der Waals surface area (Å²) in [6.45, 7) is 0.981. The molecule has 0 radical (unpaired) electrons. The van der Waals surface area contributed by atoms with Crippen LogP contribution in [0.25, 0.3) is 10.9 Å². The van der Waals surface area contributed by atoms with Crippen LogP contribution < -0.4 is 5.32 Å². The van der Waals surface area contributed by atoms with Crippen molar-refractivity contribution < 1.29 is 9.53 Å². The summed E-state index contributed by atoms with van der Waals surface area (Å²) in [6.07, 6.45) is 7.18. The molecule has 1 amide bonds. The van der Waals surface area contributed by atoms with E-state index in [1.54, 1.807) is 6.33 Å². The molecule has 1 aliphatic rings. The Bertz CT molecular complexity index is 882. The van der Waals surface area contributed by atoms with Gasteiger partial charge in [-0.2, -0.15) is 0 Å². The van der Waals surface area contributed by atoms with Crippen LogP contribution in [-0.4, -0.2) is 32.7 Å². The second-order valence-corrected chi connectivity index (χ2v) is 6.58. The minimum absolute atomic E-state index is 0.0149.